The van der Waals surface area contributed by atoms with E-state index in [1.54, 1.807) is 6.07 Å². The van der Waals surface area contributed by atoms with Gasteiger partial charge in [0, 0.05) is 12.0 Å². The van der Waals surface area contributed by atoms with Crippen molar-refractivity contribution < 1.29 is 13.9 Å². The van der Waals surface area contributed by atoms with Gasteiger partial charge in [0.05, 0.1) is 7.11 Å². The maximum Gasteiger partial charge on any atom is 0.165 e. The lowest BCUT2D eigenvalue weighted by molar-refractivity contribution is 0.0979. The van der Waals surface area contributed by atoms with Gasteiger partial charge in [-0.25, -0.2) is 4.39 Å². The third-order valence-electron chi connectivity index (χ3n) is 2.33. The summed E-state index contributed by atoms with van der Waals surface area (Å²) in [7, 11) is 1.39. The van der Waals surface area contributed by atoms with E-state index in [2.05, 4.69) is 0 Å². The Kier molecular flexibility index (Phi) is 4.92. The highest BCUT2D eigenvalue weighted by atomic mass is 19.1. The molecular weight excluding hydrogens is 209 g/mol. The minimum absolute atomic E-state index is 0.0602. The summed E-state index contributed by atoms with van der Waals surface area (Å²) in [5, 5.41) is 0. The second-order valence-corrected chi connectivity index (χ2v) is 3.52. The number of ketones is 1. The summed E-state index contributed by atoms with van der Waals surface area (Å²) in [4.78, 5) is 11.6. The highest BCUT2D eigenvalue weighted by molar-refractivity contribution is 5.96. The molecule has 2 N–H and O–H groups in total. The van der Waals surface area contributed by atoms with Crippen LogP contribution < -0.4 is 10.5 Å². The van der Waals surface area contributed by atoms with E-state index < -0.39 is 5.82 Å². The number of benzene rings is 1. The van der Waals surface area contributed by atoms with Crippen LogP contribution in [0.5, 0.6) is 5.75 Å². The predicted octanol–water partition coefficient (Wildman–Crippen LogP) is 2.15. The molecule has 0 aliphatic carbocycles. The molecule has 0 aromatic heterocycles. The third-order valence-corrected chi connectivity index (χ3v) is 2.33. The SMILES string of the molecule is COc1ccc(C(=O)CCCCN)cc1F. The number of ether oxygens (including phenoxy) is 1. The van der Waals surface area contributed by atoms with E-state index in [4.69, 9.17) is 10.5 Å². The standard InChI is InChI=1S/C12H16FNO2/c1-16-12-6-5-9(8-10(12)13)11(15)4-2-3-7-14/h5-6,8H,2-4,7,14H2,1H3. The zero-order valence-corrected chi connectivity index (χ0v) is 9.33. The van der Waals surface area contributed by atoms with Crippen LogP contribution in [-0.2, 0) is 0 Å². The molecule has 1 aromatic rings. The first-order valence-corrected chi connectivity index (χ1v) is 5.26. The number of carbonyl (C=O) groups is 1. The Hall–Kier alpha value is -1.42. The molecule has 0 aliphatic heterocycles. The van der Waals surface area contributed by atoms with E-state index in [1.165, 1.54) is 19.2 Å². The van der Waals surface area contributed by atoms with Gasteiger partial charge < -0.3 is 10.5 Å². The van der Waals surface area contributed by atoms with Crippen molar-refractivity contribution in [2.45, 2.75) is 19.3 Å². The van der Waals surface area contributed by atoms with Crippen molar-refractivity contribution in [2.24, 2.45) is 5.73 Å². The Bertz CT molecular complexity index is 366. The van der Waals surface area contributed by atoms with Crippen LogP contribution in [-0.4, -0.2) is 19.4 Å². The maximum absolute atomic E-state index is 13.3. The monoisotopic (exact) mass is 225 g/mol. The smallest absolute Gasteiger partial charge is 0.165 e. The lowest BCUT2D eigenvalue weighted by Gasteiger charge is -2.04. The van der Waals surface area contributed by atoms with E-state index in [9.17, 15) is 9.18 Å². The van der Waals surface area contributed by atoms with Crippen LogP contribution in [0.4, 0.5) is 4.39 Å². The number of Topliss-reactive ketones (excluding diaryl/α,β-unsaturated/α-hetero) is 1. The highest BCUT2D eigenvalue weighted by Gasteiger charge is 2.09. The molecule has 0 amide bonds. The van der Waals surface area contributed by atoms with Crippen molar-refractivity contribution in [3.05, 3.63) is 29.6 Å². The Morgan fingerprint density at radius 2 is 2.19 bits per heavy atom. The number of nitrogens with two attached hydrogens (primary N) is 1. The average molecular weight is 225 g/mol. The number of rotatable bonds is 6. The average Bonchev–Trinajstić information content (AvgIpc) is 2.29. The van der Waals surface area contributed by atoms with Gasteiger partial charge >= 0.3 is 0 Å². The lowest BCUT2D eigenvalue weighted by atomic mass is 10.1. The van der Waals surface area contributed by atoms with Gasteiger partial charge in [-0.05, 0) is 37.6 Å². The highest BCUT2D eigenvalue weighted by Crippen LogP contribution is 2.18. The van der Waals surface area contributed by atoms with Crippen LogP contribution in [0, 0.1) is 5.82 Å². The summed E-state index contributed by atoms with van der Waals surface area (Å²) >= 11 is 0. The molecule has 0 heterocycles. The van der Waals surface area contributed by atoms with Crippen molar-refractivity contribution in [3.8, 4) is 5.75 Å². The summed E-state index contributed by atoms with van der Waals surface area (Å²) in [5.74, 6) is -0.416. The molecule has 1 aromatic carbocycles. The Morgan fingerprint density at radius 3 is 2.75 bits per heavy atom. The lowest BCUT2D eigenvalue weighted by Crippen LogP contribution is -2.03. The number of carbonyl (C=O) groups excluding carboxylic acids is 1. The first-order chi connectivity index (χ1) is 7.69. The van der Waals surface area contributed by atoms with Crippen LogP contribution in [0.1, 0.15) is 29.6 Å². The minimum Gasteiger partial charge on any atom is -0.494 e. The van der Waals surface area contributed by atoms with E-state index in [0.29, 0.717) is 18.5 Å². The summed E-state index contributed by atoms with van der Waals surface area (Å²) in [6.45, 7) is 0.574. The number of halogens is 1. The third kappa shape index (κ3) is 3.31. The molecule has 0 spiro atoms. The van der Waals surface area contributed by atoms with Crippen molar-refractivity contribution in [1.29, 1.82) is 0 Å². The van der Waals surface area contributed by atoms with Gasteiger partial charge in [0.2, 0.25) is 0 Å². The molecule has 0 saturated heterocycles. The fourth-order valence-corrected chi connectivity index (χ4v) is 1.41. The Morgan fingerprint density at radius 1 is 1.44 bits per heavy atom. The van der Waals surface area contributed by atoms with Crippen LogP contribution >= 0.6 is 0 Å². The maximum atomic E-state index is 13.3. The van der Waals surface area contributed by atoms with E-state index in [-0.39, 0.29) is 11.5 Å². The zero-order chi connectivity index (χ0) is 12.0. The van der Waals surface area contributed by atoms with Crippen LogP contribution in [0.15, 0.2) is 18.2 Å². The van der Waals surface area contributed by atoms with Crippen LogP contribution in [0.2, 0.25) is 0 Å². The first kappa shape index (κ1) is 12.6. The van der Waals surface area contributed by atoms with Crippen molar-refractivity contribution >= 4 is 5.78 Å². The minimum atomic E-state index is -0.507. The summed E-state index contributed by atoms with van der Waals surface area (Å²) < 4.78 is 18.1. The molecular formula is C12H16FNO2. The van der Waals surface area contributed by atoms with Crippen LogP contribution in [0.25, 0.3) is 0 Å². The molecule has 0 fully saturated rings. The molecule has 0 radical (unpaired) electrons. The molecule has 3 nitrogen and oxygen atoms in total. The largest absolute Gasteiger partial charge is 0.494 e. The quantitative estimate of drug-likeness (QED) is 0.596. The molecule has 0 bridgehead atoms. The normalized spacial score (nSPS) is 10.2. The number of hydrogen-bond donors (Lipinski definition) is 1. The summed E-state index contributed by atoms with van der Waals surface area (Å²) in [6.07, 6.45) is 1.95. The molecule has 4 heteroatoms. The molecule has 88 valence electrons. The Labute approximate surface area is 94.4 Å². The van der Waals surface area contributed by atoms with E-state index in [0.717, 1.165) is 12.8 Å². The fourth-order valence-electron chi connectivity index (χ4n) is 1.41. The van der Waals surface area contributed by atoms with Crippen molar-refractivity contribution in [3.63, 3.8) is 0 Å². The number of methoxy groups -OCH3 is 1. The van der Waals surface area contributed by atoms with Gasteiger partial charge in [-0.15, -0.1) is 0 Å². The second-order valence-electron chi connectivity index (χ2n) is 3.52. The molecule has 0 aliphatic rings. The van der Waals surface area contributed by atoms with E-state index in [1.807, 2.05) is 0 Å². The fraction of sp³-hybridized carbons (Fsp3) is 0.417. The predicted molar refractivity (Wildman–Crippen MR) is 60.2 cm³/mol. The van der Waals surface area contributed by atoms with Gasteiger partial charge in [-0.1, -0.05) is 0 Å². The first-order valence-electron chi connectivity index (χ1n) is 5.26. The van der Waals surface area contributed by atoms with Gasteiger partial charge in [-0.3, -0.25) is 4.79 Å². The van der Waals surface area contributed by atoms with Crippen molar-refractivity contribution in [2.75, 3.05) is 13.7 Å². The molecule has 16 heavy (non-hydrogen) atoms. The van der Waals surface area contributed by atoms with Gasteiger partial charge in [0.25, 0.3) is 0 Å². The van der Waals surface area contributed by atoms with E-state index >= 15 is 0 Å². The van der Waals surface area contributed by atoms with Crippen LogP contribution in [0.3, 0.4) is 0 Å². The second kappa shape index (κ2) is 6.23. The molecule has 0 atom stereocenters. The van der Waals surface area contributed by atoms with Gasteiger partial charge in [0.1, 0.15) is 0 Å². The van der Waals surface area contributed by atoms with Gasteiger partial charge in [-0.2, -0.15) is 0 Å². The summed E-state index contributed by atoms with van der Waals surface area (Å²) in [5.41, 5.74) is 5.71. The number of hydrogen-bond acceptors (Lipinski definition) is 3. The topological polar surface area (TPSA) is 52.3 Å². The molecule has 0 saturated carbocycles. The summed E-state index contributed by atoms with van der Waals surface area (Å²) in [6, 6.07) is 4.25. The zero-order valence-electron chi connectivity index (χ0n) is 9.33. The molecule has 1 rings (SSSR count). The Balaban J connectivity index is 2.66. The van der Waals surface area contributed by atoms with Gasteiger partial charge in [0.15, 0.2) is 17.3 Å². The van der Waals surface area contributed by atoms with Crippen molar-refractivity contribution in [1.82, 2.24) is 0 Å². The number of unbranched alkanes of at least 4 members (excludes halogenated alkanes) is 1. The molecule has 0 unspecified atom stereocenters.